The summed E-state index contributed by atoms with van der Waals surface area (Å²) in [4.78, 5) is 41.3. The van der Waals surface area contributed by atoms with Gasteiger partial charge < -0.3 is 15.0 Å². The van der Waals surface area contributed by atoms with Crippen molar-refractivity contribution in [3.05, 3.63) is 47.3 Å². The molecule has 4 heterocycles. The van der Waals surface area contributed by atoms with E-state index in [0.29, 0.717) is 64.6 Å². The molecular formula is C32H44F3N5O4. The van der Waals surface area contributed by atoms with Crippen molar-refractivity contribution in [2.45, 2.75) is 70.3 Å². The van der Waals surface area contributed by atoms with Gasteiger partial charge in [-0.15, -0.1) is 0 Å². The quantitative estimate of drug-likeness (QED) is 0.332. The number of fused-ring (bicyclic) bond motifs is 1. The first-order chi connectivity index (χ1) is 21.1. The molecular weight excluding hydrogens is 575 g/mol. The van der Waals surface area contributed by atoms with E-state index in [2.05, 4.69) is 42.8 Å². The second-order valence-electron chi connectivity index (χ2n) is 12.2. The van der Waals surface area contributed by atoms with Gasteiger partial charge in [0.1, 0.15) is 18.2 Å². The third-order valence-corrected chi connectivity index (χ3v) is 9.23. The van der Waals surface area contributed by atoms with Gasteiger partial charge >= 0.3 is 6.18 Å². The summed E-state index contributed by atoms with van der Waals surface area (Å²) in [7, 11) is 2.10. The molecule has 4 aliphatic heterocycles. The summed E-state index contributed by atoms with van der Waals surface area (Å²) in [6, 6.07) is -0.755. The summed E-state index contributed by atoms with van der Waals surface area (Å²) in [5, 5.41) is 1.75. The first-order valence-corrected chi connectivity index (χ1v) is 15.5. The van der Waals surface area contributed by atoms with Crippen LogP contribution in [0.2, 0.25) is 0 Å². The molecule has 0 spiro atoms. The predicted octanol–water partition coefficient (Wildman–Crippen LogP) is 3.85. The van der Waals surface area contributed by atoms with E-state index in [4.69, 9.17) is 19.3 Å². The minimum atomic E-state index is -4.21. The molecule has 0 aromatic rings. The lowest BCUT2D eigenvalue weighted by molar-refractivity contribution is -0.176. The molecule has 0 aromatic carbocycles. The molecule has 0 radical (unpaired) electrons. The Morgan fingerprint density at radius 1 is 1.20 bits per heavy atom. The number of ether oxygens (including phenoxy) is 1. The number of imide groups is 1. The highest BCUT2D eigenvalue weighted by Gasteiger charge is 2.48. The van der Waals surface area contributed by atoms with Crippen LogP contribution in [0.3, 0.4) is 0 Å². The van der Waals surface area contributed by atoms with Crippen molar-refractivity contribution >= 4 is 24.9 Å². The fraction of sp³-hybridized carbons (Fsp3) is 0.625. The van der Waals surface area contributed by atoms with E-state index in [1.807, 2.05) is 18.4 Å². The number of amides is 2. The normalized spacial score (nSPS) is 27.7. The third kappa shape index (κ3) is 7.94. The summed E-state index contributed by atoms with van der Waals surface area (Å²) in [6.07, 6.45) is 11.2. The highest BCUT2D eigenvalue weighted by molar-refractivity contribution is 5.92. The number of alkyl halides is 3. The Hall–Kier alpha value is -3.09. The number of likely N-dealkylation sites (tertiary alicyclic amines) is 1. The van der Waals surface area contributed by atoms with E-state index < -0.39 is 12.2 Å². The van der Waals surface area contributed by atoms with Crippen LogP contribution in [-0.2, 0) is 19.1 Å². The van der Waals surface area contributed by atoms with Gasteiger partial charge in [-0.1, -0.05) is 37.6 Å². The Labute approximate surface area is 257 Å². The number of nitrogens with zero attached hydrogens (tertiary/aromatic N) is 4. The van der Waals surface area contributed by atoms with Gasteiger partial charge in [0, 0.05) is 54.4 Å². The van der Waals surface area contributed by atoms with Crippen LogP contribution in [0, 0.1) is 17.8 Å². The van der Waals surface area contributed by atoms with Crippen molar-refractivity contribution in [3.63, 3.8) is 0 Å². The zero-order chi connectivity index (χ0) is 31.9. The fourth-order valence-corrected chi connectivity index (χ4v) is 6.62. The molecule has 9 nitrogen and oxygen atoms in total. The van der Waals surface area contributed by atoms with Crippen LogP contribution in [0.4, 0.5) is 13.2 Å². The van der Waals surface area contributed by atoms with Gasteiger partial charge in [0.25, 0.3) is 0 Å². The lowest BCUT2D eigenvalue weighted by Crippen LogP contribution is -2.51. The maximum atomic E-state index is 13.8. The monoisotopic (exact) mass is 619 g/mol. The minimum absolute atomic E-state index is 0.0217. The SMILES string of the molecule is CCCC(C)N(C)CC1=C(C=O)C=CC(C2=CC(CN3CCCC3C(F)(F)F)C3C=CN(C4COC4)C3=N2)C1.O=CNC=O. The van der Waals surface area contributed by atoms with Crippen molar-refractivity contribution in [2.75, 3.05) is 39.9 Å². The number of amidine groups is 1. The van der Waals surface area contributed by atoms with Crippen LogP contribution < -0.4 is 5.32 Å². The molecule has 2 saturated heterocycles. The van der Waals surface area contributed by atoms with Crippen molar-refractivity contribution in [1.29, 1.82) is 0 Å². The number of aldehydes is 1. The lowest BCUT2D eigenvalue weighted by atomic mass is 9.82. The van der Waals surface area contributed by atoms with E-state index >= 15 is 0 Å². The maximum Gasteiger partial charge on any atom is 0.404 e. The Kier molecular flexibility index (Phi) is 11.7. The van der Waals surface area contributed by atoms with Crippen LogP contribution in [-0.4, -0.2) is 104 Å². The number of hydrogen-bond acceptors (Lipinski definition) is 8. The Morgan fingerprint density at radius 2 is 1.95 bits per heavy atom. The van der Waals surface area contributed by atoms with Gasteiger partial charge in [0.15, 0.2) is 0 Å². The molecule has 44 heavy (non-hydrogen) atoms. The third-order valence-electron chi connectivity index (χ3n) is 9.23. The predicted molar refractivity (Wildman–Crippen MR) is 161 cm³/mol. The molecule has 2 fully saturated rings. The number of rotatable bonds is 12. The molecule has 12 heteroatoms. The van der Waals surface area contributed by atoms with Crippen LogP contribution in [0.5, 0.6) is 0 Å². The number of carbonyl (C=O) groups is 3. The summed E-state index contributed by atoms with van der Waals surface area (Å²) in [5.41, 5.74) is 2.71. The summed E-state index contributed by atoms with van der Waals surface area (Å²) >= 11 is 0. The maximum absolute atomic E-state index is 13.8. The molecule has 2 amide bonds. The van der Waals surface area contributed by atoms with Crippen molar-refractivity contribution in [2.24, 2.45) is 22.7 Å². The van der Waals surface area contributed by atoms with Gasteiger partial charge in [-0.3, -0.25) is 24.2 Å². The number of nitrogens with one attached hydrogen (secondary N) is 1. The average molecular weight is 620 g/mol. The Balaban J connectivity index is 0.000000818. The molecule has 0 aromatic heterocycles. The number of hydrogen-bond donors (Lipinski definition) is 1. The highest BCUT2D eigenvalue weighted by Crippen LogP contribution is 2.40. The first kappa shape index (κ1) is 33.8. The second kappa shape index (κ2) is 15.3. The average Bonchev–Trinajstić information content (AvgIpc) is 3.61. The minimum Gasteiger partial charge on any atom is -0.377 e. The molecule has 1 N–H and O–H groups in total. The van der Waals surface area contributed by atoms with Gasteiger partial charge in [-0.25, -0.2) is 4.99 Å². The van der Waals surface area contributed by atoms with Gasteiger partial charge in [0.2, 0.25) is 12.8 Å². The van der Waals surface area contributed by atoms with Crippen molar-refractivity contribution in [1.82, 2.24) is 20.0 Å². The van der Waals surface area contributed by atoms with Gasteiger partial charge in [0.05, 0.1) is 19.3 Å². The van der Waals surface area contributed by atoms with Crippen LogP contribution >= 0.6 is 0 Å². The lowest BCUT2D eigenvalue weighted by Gasteiger charge is -2.39. The molecule has 0 saturated carbocycles. The summed E-state index contributed by atoms with van der Waals surface area (Å²) in [5.74, 6) is 0.755. The molecule has 5 atom stereocenters. The highest BCUT2D eigenvalue weighted by atomic mass is 19.4. The number of likely N-dealkylation sites (N-methyl/N-ethyl adjacent to an activating group) is 1. The number of allylic oxidation sites excluding steroid dienone is 3. The van der Waals surface area contributed by atoms with E-state index in [1.54, 1.807) is 10.2 Å². The van der Waals surface area contributed by atoms with Crippen LogP contribution in [0.1, 0.15) is 46.0 Å². The molecule has 5 unspecified atom stereocenters. The number of carbonyl (C=O) groups excluding carboxylic acids is 3. The summed E-state index contributed by atoms with van der Waals surface area (Å²) < 4.78 is 46.8. The Morgan fingerprint density at radius 3 is 2.55 bits per heavy atom. The largest absolute Gasteiger partial charge is 0.404 e. The topological polar surface area (TPSA) is 94.6 Å². The van der Waals surface area contributed by atoms with Crippen LogP contribution in [0.15, 0.2) is 52.3 Å². The number of aliphatic imine (C=N–C) groups is 1. The molecule has 1 aliphatic carbocycles. The van der Waals surface area contributed by atoms with E-state index in [0.717, 1.165) is 41.8 Å². The molecule has 242 valence electrons. The van der Waals surface area contributed by atoms with E-state index in [-0.39, 0.29) is 30.2 Å². The van der Waals surface area contributed by atoms with Crippen molar-refractivity contribution in [3.8, 4) is 0 Å². The van der Waals surface area contributed by atoms with Gasteiger partial charge in [-0.05, 0) is 51.8 Å². The summed E-state index contributed by atoms with van der Waals surface area (Å²) in [6.45, 7) is 7.17. The van der Waals surface area contributed by atoms with Crippen LogP contribution in [0.25, 0.3) is 0 Å². The number of halogens is 3. The Bertz CT molecular complexity index is 1190. The fourth-order valence-electron chi connectivity index (χ4n) is 6.62. The first-order valence-electron chi connectivity index (χ1n) is 15.5. The molecule has 5 aliphatic rings. The smallest absolute Gasteiger partial charge is 0.377 e. The zero-order valence-electron chi connectivity index (χ0n) is 25.7. The molecule has 0 bridgehead atoms. The van der Waals surface area contributed by atoms with Gasteiger partial charge in [-0.2, -0.15) is 13.2 Å². The standard InChI is InChI=1S/C30H41F3N4O2.C2H3NO2/c1-4-6-20(2)35(3)15-23-13-21(8-9-22(23)17-38)27-14-24(16-36-11-5-7-28(36)30(31,32)33)26-10-12-37(29(26)34-27)25-18-39-19-25;4-1-3-2-5/h8-10,12,14,17,20-21,24-26,28H,4-7,11,13,15-16,18-19H2,1-3H3;1-2H,(H,3,4,5). The second-order valence-corrected chi connectivity index (χ2v) is 12.2. The van der Waals surface area contributed by atoms with Crippen molar-refractivity contribution < 1.29 is 32.3 Å². The molecule has 5 rings (SSSR count). The van der Waals surface area contributed by atoms with E-state index in [9.17, 15) is 18.0 Å². The zero-order valence-corrected chi connectivity index (χ0v) is 25.7. The van der Waals surface area contributed by atoms with E-state index in [1.165, 1.54) is 0 Å².